The van der Waals surface area contributed by atoms with Crippen LogP contribution in [-0.2, 0) is 21.2 Å². The Morgan fingerprint density at radius 3 is 1.92 bits per heavy atom. The molecule has 38 heavy (non-hydrogen) atoms. The van der Waals surface area contributed by atoms with E-state index in [0.717, 1.165) is 22.8 Å². The molecule has 4 aromatic carbocycles. The van der Waals surface area contributed by atoms with E-state index in [9.17, 15) is 20.3 Å². The molecule has 0 aliphatic heterocycles. The van der Waals surface area contributed by atoms with Crippen LogP contribution in [0.1, 0.15) is 0 Å². The largest absolute Gasteiger partial charge is 0.506 e. The Morgan fingerprint density at radius 2 is 1.32 bits per heavy atom. The number of hydrogen-bond acceptors (Lipinski definition) is 13. The Labute approximate surface area is 216 Å². The zero-order valence-corrected chi connectivity index (χ0v) is 20.5. The minimum atomic E-state index is -3.11. The minimum Gasteiger partial charge on any atom is -0.506 e. The summed E-state index contributed by atoms with van der Waals surface area (Å²) in [7, 11) is -6.22. The van der Waals surface area contributed by atoms with Crippen LogP contribution < -0.4 is 5.32 Å². The van der Waals surface area contributed by atoms with Gasteiger partial charge in [-0.05, 0) is 47.9 Å². The van der Waals surface area contributed by atoms with Crippen molar-refractivity contribution in [1.82, 2.24) is 0 Å². The lowest BCUT2D eigenvalue weighted by Crippen LogP contribution is -1.89. The third kappa shape index (κ3) is 9.10. The van der Waals surface area contributed by atoms with E-state index in [2.05, 4.69) is 15.5 Å². The van der Waals surface area contributed by atoms with Crippen LogP contribution in [0.15, 0.2) is 89.1 Å². The number of nitrogens with zero attached hydrogens (tertiary/aromatic N) is 3. The summed E-state index contributed by atoms with van der Waals surface area (Å²) in [4.78, 5) is 10.3. The number of hydrogen-bond donors (Lipinski definition) is 3. The molecule has 0 bridgehead atoms. The SMILES string of the molecule is O=S(=O)=O.O=S(=O)=O.O=[N+]([O-])c1ccc(O)c(N=Nc2ccc3cc(Nc4ccccc4)ccc3c2O)c1. The van der Waals surface area contributed by atoms with Gasteiger partial charge in [0.2, 0.25) is 0 Å². The summed E-state index contributed by atoms with van der Waals surface area (Å²) in [5.41, 5.74) is 1.71. The molecular formula is C22H16N4O10S2. The molecule has 0 aliphatic rings. The van der Waals surface area contributed by atoms with Crippen molar-refractivity contribution in [3.63, 3.8) is 0 Å². The molecule has 16 heteroatoms. The minimum absolute atomic E-state index is 0.0638. The quantitative estimate of drug-likeness (QED) is 0.177. The zero-order chi connectivity index (χ0) is 28.2. The van der Waals surface area contributed by atoms with Gasteiger partial charge in [0, 0.05) is 28.9 Å². The third-order valence-electron chi connectivity index (χ3n) is 4.47. The van der Waals surface area contributed by atoms with Crippen molar-refractivity contribution in [3.05, 3.63) is 89.0 Å². The second-order valence-corrected chi connectivity index (χ2v) is 7.72. The number of phenolic OH excluding ortho intramolecular Hbond substituents is 2. The van der Waals surface area contributed by atoms with Gasteiger partial charge in [0.05, 0.1) is 4.92 Å². The number of aromatic hydroxyl groups is 2. The highest BCUT2D eigenvalue weighted by atomic mass is 32.2. The summed E-state index contributed by atoms with van der Waals surface area (Å²) in [6.07, 6.45) is 0. The molecule has 0 heterocycles. The van der Waals surface area contributed by atoms with Gasteiger partial charge in [-0.15, -0.1) is 35.5 Å². The van der Waals surface area contributed by atoms with Crippen LogP contribution in [0.2, 0.25) is 0 Å². The van der Waals surface area contributed by atoms with E-state index in [1.54, 1.807) is 18.2 Å². The molecule has 0 spiro atoms. The van der Waals surface area contributed by atoms with Gasteiger partial charge in [-0.25, -0.2) is 0 Å². The Bertz CT molecular complexity index is 1670. The van der Waals surface area contributed by atoms with Crippen LogP contribution in [0.4, 0.5) is 28.4 Å². The number of phenols is 2. The number of nitrogens with one attached hydrogen (secondary N) is 1. The lowest BCUT2D eigenvalue weighted by atomic mass is 10.1. The van der Waals surface area contributed by atoms with E-state index >= 15 is 0 Å². The van der Waals surface area contributed by atoms with E-state index < -0.39 is 26.1 Å². The molecule has 0 unspecified atom stereocenters. The second-order valence-electron chi connectivity index (χ2n) is 6.90. The first kappa shape index (κ1) is 29.0. The predicted molar refractivity (Wildman–Crippen MR) is 134 cm³/mol. The first-order valence-electron chi connectivity index (χ1n) is 9.98. The van der Waals surface area contributed by atoms with Crippen molar-refractivity contribution >= 4 is 60.4 Å². The van der Waals surface area contributed by atoms with Gasteiger partial charge in [-0.3, -0.25) is 10.1 Å². The first-order valence-corrected chi connectivity index (χ1v) is 12.0. The Hall–Kier alpha value is -5.22. The Balaban J connectivity index is 0.000000559. The Kier molecular flexibility index (Phi) is 10.5. The fourth-order valence-corrected chi connectivity index (χ4v) is 2.96. The van der Waals surface area contributed by atoms with Gasteiger partial charge in [-0.1, -0.05) is 24.3 Å². The van der Waals surface area contributed by atoms with Crippen molar-refractivity contribution in [2.24, 2.45) is 10.2 Å². The number of nitro groups is 1. The second kappa shape index (κ2) is 13.8. The molecule has 14 nitrogen and oxygen atoms in total. The van der Waals surface area contributed by atoms with Crippen LogP contribution in [0.3, 0.4) is 0 Å². The molecule has 4 rings (SSSR count). The molecule has 0 saturated heterocycles. The smallest absolute Gasteiger partial charge is 0.425 e. The first-order chi connectivity index (χ1) is 18.0. The van der Waals surface area contributed by atoms with Crippen LogP contribution in [0, 0.1) is 10.1 Å². The number of anilines is 2. The monoisotopic (exact) mass is 560 g/mol. The third-order valence-corrected chi connectivity index (χ3v) is 4.47. The van der Waals surface area contributed by atoms with Gasteiger partial charge in [-0.2, -0.15) is 0 Å². The molecule has 3 N–H and O–H groups in total. The fraction of sp³-hybridized carbons (Fsp3) is 0. The van der Waals surface area contributed by atoms with Crippen LogP contribution in [0.25, 0.3) is 10.8 Å². The van der Waals surface area contributed by atoms with Crippen molar-refractivity contribution < 1.29 is 40.4 Å². The maximum atomic E-state index is 10.9. The summed E-state index contributed by atoms with van der Waals surface area (Å²) in [6.45, 7) is 0. The number of nitro benzene ring substituents is 1. The highest BCUT2D eigenvalue weighted by Gasteiger charge is 2.11. The van der Waals surface area contributed by atoms with Gasteiger partial charge in [0.1, 0.15) is 17.1 Å². The lowest BCUT2D eigenvalue weighted by molar-refractivity contribution is -0.384. The van der Waals surface area contributed by atoms with E-state index in [1.165, 1.54) is 12.1 Å². The van der Waals surface area contributed by atoms with Crippen molar-refractivity contribution in [2.45, 2.75) is 0 Å². The van der Waals surface area contributed by atoms with E-state index in [-0.39, 0.29) is 28.6 Å². The molecule has 0 saturated carbocycles. The number of fused-ring (bicyclic) bond motifs is 1. The normalized spacial score (nSPS) is 10.0. The Morgan fingerprint density at radius 1 is 0.711 bits per heavy atom. The number of benzene rings is 4. The molecule has 196 valence electrons. The summed E-state index contributed by atoms with van der Waals surface area (Å²) in [5, 5.41) is 43.8. The fourth-order valence-electron chi connectivity index (χ4n) is 2.96. The van der Waals surface area contributed by atoms with Crippen molar-refractivity contribution in [2.75, 3.05) is 5.32 Å². The number of para-hydroxylation sites is 1. The van der Waals surface area contributed by atoms with Crippen LogP contribution in [0.5, 0.6) is 11.5 Å². The zero-order valence-electron chi connectivity index (χ0n) is 18.8. The van der Waals surface area contributed by atoms with Gasteiger partial charge in [0.15, 0.2) is 5.75 Å². The molecule has 0 radical (unpaired) electrons. The summed E-state index contributed by atoms with van der Waals surface area (Å²) < 4.78 is 50.7. The maximum Gasteiger partial charge on any atom is 0.425 e. The predicted octanol–water partition coefficient (Wildman–Crippen LogP) is 4.31. The number of azo groups is 1. The van der Waals surface area contributed by atoms with E-state index in [4.69, 9.17) is 25.3 Å². The highest BCUT2D eigenvalue weighted by Crippen LogP contribution is 2.38. The maximum absolute atomic E-state index is 10.9. The molecule has 0 atom stereocenters. The number of non-ortho nitro benzene ring substituents is 1. The summed E-state index contributed by atoms with van der Waals surface area (Å²) in [5.74, 6) is -0.325. The van der Waals surface area contributed by atoms with Crippen LogP contribution >= 0.6 is 0 Å². The average Bonchev–Trinajstić information content (AvgIpc) is 2.84. The lowest BCUT2D eigenvalue weighted by Gasteiger charge is -2.09. The molecule has 0 aromatic heterocycles. The standard InChI is InChI=1S/C22H16N4O4.2O3S/c27-21-11-8-17(26(29)30)13-20(21)25-24-19-10-6-14-12-16(7-9-18(14)22(19)28)23-15-4-2-1-3-5-15;2*1-4(2)3/h1-13,23,27-28H;;. The van der Waals surface area contributed by atoms with E-state index in [1.807, 2.05) is 42.5 Å². The van der Waals surface area contributed by atoms with Crippen molar-refractivity contribution in [3.8, 4) is 11.5 Å². The van der Waals surface area contributed by atoms with Crippen LogP contribution in [-0.4, -0.2) is 40.4 Å². The molecule has 0 amide bonds. The molecular weight excluding hydrogens is 544 g/mol. The molecule has 4 aromatic rings. The summed E-state index contributed by atoms with van der Waals surface area (Å²) >= 11 is 0. The molecule has 0 aliphatic carbocycles. The molecule has 0 fully saturated rings. The van der Waals surface area contributed by atoms with Gasteiger partial charge in [0.25, 0.3) is 5.69 Å². The summed E-state index contributed by atoms with van der Waals surface area (Å²) in [6, 6.07) is 22.0. The van der Waals surface area contributed by atoms with Gasteiger partial charge < -0.3 is 15.5 Å². The number of rotatable bonds is 5. The topological polar surface area (TPSA) is 223 Å². The van der Waals surface area contributed by atoms with E-state index in [0.29, 0.717) is 5.39 Å². The van der Waals surface area contributed by atoms with Gasteiger partial charge >= 0.3 is 21.2 Å². The highest BCUT2D eigenvalue weighted by molar-refractivity contribution is 7.59. The average molecular weight is 561 g/mol. The van der Waals surface area contributed by atoms with Crippen molar-refractivity contribution in [1.29, 1.82) is 0 Å².